The maximum absolute atomic E-state index is 13.0. The Morgan fingerprint density at radius 1 is 1.10 bits per heavy atom. The van der Waals surface area contributed by atoms with Crippen LogP contribution in [0.5, 0.6) is 0 Å². The second-order valence-electron chi connectivity index (χ2n) is 9.88. The minimum atomic E-state index is -0.775. The molecule has 2 saturated heterocycles. The summed E-state index contributed by atoms with van der Waals surface area (Å²) in [6.45, 7) is 10.2. The molecule has 0 bridgehead atoms. The van der Waals surface area contributed by atoms with Crippen molar-refractivity contribution >= 4 is 17.7 Å². The van der Waals surface area contributed by atoms with Crippen molar-refractivity contribution in [2.45, 2.75) is 90.5 Å². The molecule has 3 N–H and O–H groups in total. The second-order valence-corrected chi connectivity index (χ2v) is 9.88. The van der Waals surface area contributed by atoms with Crippen LogP contribution < -0.4 is 16.0 Å². The molecule has 2 aliphatic rings. The summed E-state index contributed by atoms with van der Waals surface area (Å²) in [5, 5.41) is 18.0. The van der Waals surface area contributed by atoms with Crippen molar-refractivity contribution in [3.8, 4) is 6.07 Å². The van der Waals surface area contributed by atoms with Crippen LogP contribution in [-0.2, 0) is 19.1 Å². The number of nitrogens with zero attached hydrogens (tertiary/aromatic N) is 1. The van der Waals surface area contributed by atoms with E-state index in [1.54, 1.807) is 0 Å². The number of nitriles is 1. The highest BCUT2D eigenvalue weighted by Crippen LogP contribution is 2.29. The van der Waals surface area contributed by atoms with E-state index < -0.39 is 29.7 Å². The first-order chi connectivity index (χ1) is 14.0. The predicted octanol–water partition coefficient (Wildman–Crippen LogP) is 1.65. The summed E-state index contributed by atoms with van der Waals surface area (Å²) in [5.74, 6) is -0.840. The lowest BCUT2D eigenvalue weighted by Crippen LogP contribution is -2.53. The average molecular weight is 421 g/mol. The zero-order valence-corrected chi connectivity index (χ0v) is 18.8. The fraction of sp³-hybridized carbons (Fsp3) is 0.818. The highest BCUT2D eigenvalue weighted by molar-refractivity contribution is 5.89. The van der Waals surface area contributed by atoms with Gasteiger partial charge in [0.15, 0.2) is 0 Å². The molecule has 0 aromatic rings. The largest absolute Gasteiger partial charge is 0.363 e. The molecule has 0 aromatic carbocycles. The molecule has 0 saturated carbocycles. The lowest BCUT2D eigenvalue weighted by molar-refractivity contribution is -0.145. The summed E-state index contributed by atoms with van der Waals surface area (Å²) in [6.07, 6.45) is 2.04. The van der Waals surface area contributed by atoms with Gasteiger partial charge >= 0.3 is 0 Å². The lowest BCUT2D eigenvalue weighted by Gasteiger charge is -2.29. The van der Waals surface area contributed by atoms with Crippen LogP contribution in [0.3, 0.4) is 0 Å². The molecule has 8 heteroatoms. The Hall–Kier alpha value is -2.14. The molecule has 2 fully saturated rings. The van der Waals surface area contributed by atoms with Gasteiger partial charge in [0, 0.05) is 12.5 Å². The topological polar surface area (TPSA) is 120 Å². The van der Waals surface area contributed by atoms with E-state index in [4.69, 9.17) is 4.74 Å². The van der Waals surface area contributed by atoms with Gasteiger partial charge in [-0.2, -0.15) is 5.26 Å². The highest BCUT2D eigenvalue weighted by Gasteiger charge is 2.38. The summed E-state index contributed by atoms with van der Waals surface area (Å²) in [6, 6.07) is 0.579. The Morgan fingerprint density at radius 3 is 2.40 bits per heavy atom. The lowest BCUT2D eigenvalue weighted by atomic mass is 9.85. The Labute approximate surface area is 179 Å². The van der Waals surface area contributed by atoms with Crippen molar-refractivity contribution < 1.29 is 19.1 Å². The van der Waals surface area contributed by atoms with E-state index in [1.165, 1.54) is 0 Å². The van der Waals surface area contributed by atoms with Crippen LogP contribution in [0.15, 0.2) is 0 Å². The normalized spacial score (nSPS) is 31.4. The van der Waals surface area contributed by atoms with E-state index >= 15 is 0 Å². The van der Waals surface area contributed by atoms with Gasteiger partial charge in [-0.05, 0) is 64.7 Å². The first-order valence-electron chi connectivity index (χ1n) is 11.0. The molecule has 2 rings (SSSR count). The third-order valence-electron chi connectivity index (χ3n) is 5.58. The molecule has 30 heavy (non-hydrogen) atoms. The summed E-state index contributed by atoms with van der Waals surface area (Å²) in [5.41, 5.74) is -0.509. The summed E-state index contributed by atoms with van der Waals surface area (Å²) >= 11 is 0. The molecular formula is C22H36N4O4. The van der Waals surface area contributed by atoms with Crippen LogP contribution >= 0.6 is 0 Å². The molecule has 0 aromatic heterocycles. The van der Waals surface area contributed by atoms with Crippen molar-refractivity contribution in [3.05, 3.63) is 0 Å². The van der Waals surface area contributed by atoms with E-state index in [-0.39, 0.29) is 36.0 Å². The minimum Gasteiger partial charge on any atom is -0.363 e. The minimum absolute atomic E-state index is 0.0696. The molecule has 2 aliphatic heterocycles. The van der Waals surface area contributed by atoms with Crippen molar-refractivity contribution in [2.75, 3.05) is 6.54 Å². The predicted molar refractivity (Wildman–Crippen MR) is 112 cm³/mol. The number of rotatable bonds is 3. The second kappa shape index (κ2) is 10.3. The SMILES string of the molecule is CC(C)C[C@@H]1NC(=O)[C@@H](OC(C)(C)C)CCC[C@H]2CNC(=O)[C@@H]2C[C@@H](C#N)NC1=O. The first kappa shape index (κ1) is 24.1. The zero-order valence-electron chi connectivity index (χ0n) is 18.8. The van der Waals surface area contributed by atoms with Gasteiger partial charge in [-0.15, -0.1) is 0 Å². The number of fused-ring (bicyclic) bond motifs is 1. The average Bonchev–Trinajstić information content (AvgIpc) is 2.97. The van der Waals surface area contributed by atoms with Crippen LogP contribution in [0.1, 0.15) is 66.7 Å². The molecule has 5 atom stereocenters. The number of hydrogen-bond donors (Lipinski definition) is 3. The fourth-order valence-electron chi connectivity index (χ4n) is 4.20. The molecule has 0 unspecified atom stereocenters. The number of carbonyl (C=O) groups is 3. The van der Waals surface area contributed by atoms with Crippen LogP contribution in [0.4, 0.5) is 0 Å². The van der Waals surface area contributed by atoms with Crippen LogP contribution in [-0.4, -0.2) is 48.1 Å². The maximum atomic E-state index is 13.0. The third kappa shape index (κ3) is 6.98. The maximum Gasteiger partial charge on any atom is 0.249 e. The summed E-state index contributed by atoms with van der Waals surface area (Å²) in [7, 11) is 0. The van der Waals surface area contributed by atoms with Crippen LogP contribution in [0, 0.1) is 29.1 Å². The third-order valence-corrected chi connectivity index (χ3v) is 5.58. The van der Waals surface area contributed by atoms with Crippen LogP contribution in [0.2, 0.25) is 0 Å². The summed E-state index contributed by atoms with van der Waals surface area (Å²) < 4.78 is 6.01. The molecule has 0 radical (unpaired) electrons. The van der Waals surface area contributed by atoms with Gasteiger partial charge in [-0.25, -0.2) is 0 Å². The van der Waals surface area contributed by atoms with Crippen molar-refractivity contribution in [2.24, 2.45) is 17.8 Å². The van der Waals surface area contributed by atoms with E-state index in [2.05, 4.69) is 22.0 Å². The Kier molecular flexibility index (Phi) is 8.25. The quantitative estimate of drug-likeness (QED) is 0.641. The Morgan fingerprint density at radius 2 is 1.80 bits per heavy atom. The number of amides is 3. The first-order valence-corrected chi connectivity index (χ1v) is 11.0. The van der Waals surface area contributed by atoms with Gasteiger partial charge in [0.05, 0.1) is 11.7 Å². The van der Waals surface area contributed by atoms with Crippen molar-refractivity contribution in [1.29, 1.82) is 5.26 Å². The monoisotopic (exact) mass is 420 g/mol. The van der Waals surface area contributed by atoms with E-state index in [9.17, 15) is 19.6 Å². The van der Waals surface area contributed by atoms with Gasteiger partial charge in [-0.1, -0.05) is 13.8 Å². The molecule has 8 nitrogen and oxygen atoms in total. The van der Waals surface area contributed by atoms with Gasteiger partial charge in [-0.3, -0.25) is 14.4 Å². The van der Waals surface area contributed by atoms with E-state index in [0.717, 1.165) is 12.8 Å². The molecule has 0 aliphatic carbocycles. The van der Waals surface area contributed by atoms with E-state index in [1.807, 2.05) is 34.6 Å². The fourth-order valence-corrected chi connectivity index (χ4v) is 4.20. The molecule has 0 spiro atoms. The number of hydrogen-bond acceptors (Lipinski definition) is 5. The standard InChI is InChI=1S/C22H36N4O4/c1-13(2)9-17-20(28)25-15(11-23)10-16-14(12-24-19(16)27)7-6-8-18(21(29)26-17)30-22(3,4)5/h13-18H,6-10,12H2,1-5H3,(H,24,27)(H,25,28)(H,26,29)/t14-,15-,16+,17-,18-/m0/s1. The van der Waals surface area contributed by atoms with Crippen molar-refractivity contribution in [1.82, 2.24) is 16.0 Å². The van der Waals surface area contributed by atoms with Gasteiger partial charge < -0.3 is 20.7 Å². The van der Waals surface area contributed by atoms with Gasteiger partial charge in [0.1, 0.15) is 18.2 Å². The number of carbonyl (C=O) groups excluding carboxylic acids is 3. The van der Waals surface area contributed by atoms with Crippen LogP contribution in [0.25, 0.3) is 0 Å². The molecule has 168 valence electrons. The molecular weight excluding hydrogens is 384 g/mol. The Balaban J connectivity index is 2.30. The zero-order chi connectivity index (χ0) is 22.5. The summed E-state index contributed by atoms with van der Waals surface area (Å²) in [4.78, 5) is 38.3. The highest BCUT2D eigenvalue weighted by atomic mass is 16.5. The smallest absolute Gasteiger partial charge is 0.249 e. The number of ether oxygens (including phenoxy) is 1. The molecule has 2 heterocycles. The number of nitrogens with one attached hydrogen (secondary N) is 3. The molecule has 3 amide bonds. The van der Waals surface area contributed by atoms with Gasteiger partial charge in [0.25, 0.3) is 0 Å². The van der Waals surface area contributed by atoms with E-state index in [0.29, 0.717) is 19.4 Å². The van der Waals surface area contributed by atoms with Gasteiger partial charge in [0.2, 0.25) is 17.7 Å². The Bertz CT molecular complexity index is 680. The van der Waals surface area contributed by atoms with Crippen molar-refractivity contribution in [3.63, 3.8) is 0 Å².